The number of benzene rings is 1. The van der Waals surface area contributed by atoms with Crippen LogP contribution in [0.15, 0.2) is 35.1 Å². The summed E-state index contributed by atoms with van der Waals surface area (Å²) in [5, 5.41) is 6.57. The van der Waals surface area contributed by atoms with Gasteiger partial charge in [-0.05, 0) is 25.5 Å². The lowest BCUT2D eigenvalue weighted by Gasteiger charge is -2.15. The molecule has 1 unspecified atom stereocenters. The van der Waals surface area contributed by atoms with Gasteiger partial charge in [-0.1, -0.05) is 13.0 Å². The number of hydrogen-bond donors (Lipinski definition) is 1. The molecule has 2 rings (SSSR count). The zero-order chi connectivity index (χ0) is 17.0. The number of nitrogens with zero attached hydrogens (tertiary/aromatic N) is 2. The minimum absolute atomic E-state index is 0.0624. The molecule has 0 spiro atoms. The van der Waals surface area contributed by atoms with Crippen molar-refractivity contribution < 1.29 is 13.6 Å². The lowest BCUT2D eigenvalue weighted by Crippen LogP contribution is -2.31. The second-order valence-electron chi connectivity index (χ2n) is 5.14. The molecule has 7 heteroatoms. The van der Waals surface area contributed by atoms with Crippen molar-refractivity contribution in [2.75, 3.05) is 0 Å². The van der Waals surface area contributed by atoms with Crippen LogP contribution >= 0.6 is 0 Å². The number of amides is 1. The number of carbonyl (C=O) groups is 1. The van der Waals surface area contributed by atoms with Gasteiger partial charge in [-0.2, -0.15) is 5.10 Å². The maximum atomic E-state index is 13.7. The van der Waals surface area contributed by atoms with E-state index in [2.05, 4.69) is 10.4 Å². The van der Waals surface area contributed by atoms with Gasteiger partial charge in [-0.15, -0.1) is 0 Å². The van der Waals surface area contributed by atoms with Crippen molar-refractivity contribution in [2.45, 2.75) is 32.9 Å². The van der Waals surface area contributed by atoms with E-state index in [-0.39, 0.29) is 16.8 Å². The lowest BCUT2D eigenvalue weighted by atomic mass is 10.1. The first-order chi connectivity index (χ1) is 10.9. The van der Waals surface area contributed by atoms with E-state index >= 15 is 0 Å². The predicted molar refractivity (Wildman–Crippen MR) is 81.0 cm³/mol. The molecule has 23 heavy (non-hydrogen) atoms. The number of carbonyl (C=O) groups excluding carboxylic acids is 1. The molecule has 122 valence electrons. The monoisotopic (exact) mass is 321 g/mol. The third-order valence-electron chi connectivity index (χ3n) is 3.31. The number of halogens is 2. The Morgan fingerprint density at radius 2 is 2.04 bits per heavy atom. The second-order valence-corrected chi connectivity index (χ2v) is 5.14. The van der Waals surface area contributed by atoms with Crippen molar-refractivity contribution in [1.82, 2.24) is 15.1 Å². The van der Waals surface area contributed by atoms with Gasteiger partial charge in [0.05, 0.1) is 6.04 Å². The Morgan fingerprint density at radius 3 is 2.70 bits per heavy atom. The van der Waals surface area contributed by atoms with Gasteiger partial charge in [-0.3, -0.25) is 9.59 Å². The van der Waals surface area contributed by atoms with Gasteiger partial charge in [0, 0.05) is 24.2 Å². The number of nitrogens with one attached hydrogen (secondary N) is 1. The van der Waals surface area contributed by atoms with E-state index < -0.39 is 23.6 Å². The summed E-state index contributed by atoms with van der Waals surface area (Å²) in [6.07, 6.45) is 0.704. The van der Waals surface area contributed by atoms with Crippen LogP contribution < -0.4 is 10.9 Å². The van der Waals surface area contributed by atoms with Gasteiger partial charge in [0.1, 0.15) is 17.3 Å². The van der Waals surface area contributed by atoms with Crippen LogP contribution in [0.4, 0.5) is 8.78 Å². The van der Waals surface area contributed by atoms with Crippen LogP contribution in [0, 0.1) is 11.6 Å². The van der Waals surface area contributed by atoms with E-state index in [9.17, 15) is 18.4 Å². The molecule has 0 bridgehead atoms. The molecule has 0 aliphatic carbocycles. The molecule has 5 nitrogen and oxygen atoms in total. The van der Waals surface area contributed by atoms with Crippen LogP contribution in [0.2, 0.25) is 0 Å². The van der Waals surface area contributed by atoms with E-state index in [4.69, 9.17) is 0 Å². The molecule has 1 heterocycles. The SMILES string of the molecule is CCCn1nc(C(=O)NC(C)c2ccc(F)cc2F)ccc1=O. The summed E-state index contributed by atoms with van der Waals surface area (Å²) >= 11 is 0. The molecular formula is C16H17F2N3O2. The Balaban J connectivity index is 2.18. The molecular weight excluding hydrogens is 304 g/mol. The first-order valence-electron chi connectivity index (χ1n) is 7.26. The molecule has 0 saturated carbocycles. The summed E-state index contributed by atoms with van der Waals surface area (Å²) in [5.74, 6) is -1.95. The van der Waals surface area contributed by atoms with Crippen molar-refractivity contribution in [3.05, 3.63) is 63.6 Å². The summed E-state index contributed by atoms with van der Waals surface area (Å²) in [4.78, 5) is 23.8. The standard InChI is InChI=1S/C16H17F2N3O2/c1-3-8-21-15(22)7-6-14(20-21)16(23)19-10(2)12-5-4-11(17)9-13(12)18/h4-7,9-10H,3,8H2,1-2H3,(H,19,23). The number of rotatable bonds is 5. The van der Waals surface area contributed by atoms with Crippen molar-refractivity contribution >= 4 is 5.91 Å². The molecule has 1 aromatic heterocycles. The van der Waals surface area contributed by atoms with Crippen molar-refractivity contribution in [3.8, 4) is 0 Å². The van der Waals surface area contributed by atoms with E-state index in [0.29, 0.717) is 13.0 Å². The van der Waals surface area contributed by atoms with Crippen molar-refractivity contribution in [1.29, 1.82) is 0 Å². The molecule has 0 saturated heterocycles. The Bertz CT molecular complexity index is 774. The number of hydrogen-bond acceptors (Lipinski definition) is 3. The normalized spacial score (nSPS) is 12.0. The highest BCUT2D eigenvalue weighted by molar-refractivity contribution is 5.92. The smallest absolute Gasteiger partial charge is 0.272 e. The maximum absolute atomic E-state index is 13.7. The van der Waals surface area contributed by atoms with Gasteiger partial charge in [0.2, 0.25) is 0 Å². The molecule has 0 radical (unpaired) electrons. The van der Waals surface area contributed by atoms with E-state index in [1.165, 1.54) is 22.9 Å². The fourth-order valence-corrected chi connectivity index (χ4v) is 2.14. The van der Waals surface area contributed by atoms with Gasteiger partial charge < -0.3 is 5.32 Å². The molecule has 1 amide bonds. The highest BCUT2D eigenvalue weighted by Crippen LogP contribution is 2.17. The highest BCUT2D eigenvalue weighted by atomic mass is 19.1. The first-order valence-corrected chi connectivity index (χ1v) is 7.26. The molecule has 0 aliphatic rings. The maximum Gasteiger partial charge on any atom is 0.272 e. The summed E-state index contributed by atoms with van der Waals surface area (Å²) in [7, 11) is 0. The Hall–Kier alpha value is -2.57. The summed E-state index contributed by atoms with van der Waals surface area (Å²) in [6.45, 7) is 3.87. The largest absolute Gasteiger partial charge is 0.344 e. The highest BCUT2D eigenvalue weighted by Gasteiger charge is 2.16. The van der Waals surface area contributed by atoms with Crippen LogP contribution in [-0.4, -0.2) is 15.7 Å². The van der Waals surface area contributed by atoms with Gasteiger partial charge in [0.15, 0.2) is 0 Å². The predicted octanol–water partition coefficient (Wildman–Crippen LogP) is 2.42. The zero-order valence-electron chi connectivity index (χ0n) is 12.8. The van der Waals surface area contributed by atoms with Crippen LogP contribution in [0.5, 0.6) is 0 Å². The van der Waals surface area contributed by atoms with E-state index in [0.717, 1.165) is 12.1 Å². The molecule has 1 atom stereocenters. The average Bonchev–Trinajstić information content (AvgIpc) is 2.49. The molecule has 1 N–H and O–H groups in total. The van der Waals surface area contributed by atoms with Crippen molar-refractivity contribution in [2.24, 2.45) is 0 Å². The fraction of sp³-hybridized carbons (Fsp3) is 0.312. The Morgan fingerprint density at radius 1 is 1.30 bits per heavy atom. The molecule has 0 fully saturated rings. The van der Waals surface area contributed by atoms with E-state index in [1.54, 1.807) is 6.92 Å². The van der Waals surface area contributed by atoms with Crippen LogP contribution in [0.25, 0.3) is 0 Å². The molecule has 0 aliphatic heterocycles. The zero-order valence-corrected chi connectivity index (χ0v) is 12.8. The van der Waals surface area contributed by atoms with Gasteiger partial charge in [0.25, 0.3) is 11.5 Å². The summed E-state index contributed by atoms with van der Waals surface area (Å²) in [6, 6.07) is 5.08. The third-order valence-corrected chi connectivity index (χ3v) is 3.31. The fourth-order valence-electron chi connectivity index (χ4n) is 2.14. The molecule has 2 aromatic rings. The second kappa shape index (κ2) is 7.13. The van der Waals surface area contributed by atoms with E-state index in [1.807, 2.05) is 6.92 Å². The summed E-state index contributed by atoms with van der Waals surface area (Å²) < 4.78 is 27.8. The average molecular weight is 321 g/mol. The van der Waals surface area contributed by atoms with Gasteiger partial charge in [-0.25, -0.2) is 13.5 Å². The van der Waals surface area contributed by atoms with Gasteiger partial charge >= 0.3 is 0 Å². The van der Waals surface area contributed by atoms with Crippen LogP contribution in [-0.2, 0) is 6.54 Å². The lowest BCUT2D eigenvalue weighted by molar-refractivity contribution is 0.0931. The topological polar surface area (TPSA) is 64.0 Å². The molecule has 1 aromatic carbocycles. The minimum Gasteiger partial charge on any atom is -0.344 e. The number of aromatic nitrogens is 2. The third kappa shape index (κ3) is 4.00. The first kappa shape index (κ1) is 16.8. The quantitative estimate of drug-likeness (QED) is 0.920. The van der Waals surface area contributed by atoms with Crippen LogP contribution in [0.1, 0.15) is 42.4 Å². The Labute approximate surface area is 131 Å². The van der Waals surface area contributed by atoms with Crippen molar-refractivity contribution in [3.63, 3.8) is 0 Å². The van der Waals surface area contributed by atoms with Crippen LogP contribution in [0.3, 0.4) is 0 Å². The minimum atomic E-state index is -0.735. The number of aryl methyl sites for hydroxylation is 1. The summed E-state index contributed by atoms with van der Waals surface area (Å²) in [5.41, 5.74) is -0.0601. The Kier molecular flexibility index (Phi) is 5.20.